The molecule has 0 saturated carbocycles. The lowest BCUT2D eigenvalue weighted by molar-refractivity contribution is 0.0690. The van der Waals surface area contributed by atoms with Crippen LogP contribution in [-0.2, 0) is 0 Å². The van der Waals surface area contributed by atoms with E-state index in [-0.39, 0.29) is 11.7 Å². The van der Waals surface area contributed by atoms with Gasteiger partial charge in [0.05, 0.1) is 12.2 Å². The minimum absolute atomic E-state index is 0.129. The number of aromatic carboxylic acids is 1. The number of carbonyl (C=O) groups is 1. The van der Waals surface area contributed by atoms with Crippen molar-refractivity contribution in [2.75, 3.05) is 25.4 Å². The molecule has 0 aromatic heterocycles. The van der Waals surface area contributed by atoms with E-state index in [4.69, 9.17) is 15.2 Å². The van der Waals surface area contributed by atoms with Crippen LogP contribution in [0.1, 0.15) is 35.9 Å². The van der Waals surface area contributed by atoms with Crippen molar-refractivity contribution in [2.24, 2.45) is 0 Å². The van der Waals surface area contributed by atoms with Crippen molar-refractivity contribution in [3.05, 3.63) is 77.9 Å². The highest BCUT2D eigenvalue weighted by Crippen LogP contribution is 2.29. The van der Waals surface area contributed by atoms with E-state index in [2.05, 4.69) is 5.32 Å². The zero-order chi connectivity index (χ0) is 23.8. The number of aliphatic hydroxyl groups excluding tert-OH is 1. The molecule has 0 aliphatic heterocycles. The van der Waals surface area contributed by atoms with Gasteiger partial charge in [0.25, 0.3) is 0 Å². The zero-order valence-corrected chi connectivity index (χ0v) is 18.8. The molecule has 0 saturated heterocycles. The zero-order valence-electron chi connectivity index (χ0n) is 18.8. The molecule has 5 N–H and O–H groups in total. The van der Waals surface area contributed by atoms with Gasteiger partial charge < -0.3 is 30.7 Å². The van der Waals surface area contributed by atoms with Crippen molar-refractivity contribution in [1.82, 2.24) is 5.32 Å². The van der Waals surface area contributed by atoms with Crippen LogP contribution in [0.25, 0.3) is 11.1 Å². The molecular formula is C26H30N2O5. The number of nitrogen functional groups attached to an aromatic ring is 1. The Morgan fingerprint density at radius 3 is 2.30 bits per heavy atom. The van der Waals surface area contributed by atoms with Crippen molar-refractivity contribution >= 4 is 11.7 Å². The van der Waals surface area contributed by atoms with Gasteiger partial charge in [-0.05, 0) is 66.9 Å². The monoisotopic (exact) mass is 450 g/mol. The number of benzene rings is 3. The van der Waals surface area contributed by atoms with Gasteiger partial charge in [-0.1, -0.05) is 30.3 Å². The van der Waals surface area contributed by atoms with Gasteiger partial charge >= 0.3 is 5.97 Å². The highest BCUT2D eigenvalue weighted by Gasteiger charge is 2.14. The lowest BCUT2D eigenvalue weighted by Crippen LogP contribution is -2.26. The van der Waals surface area contributed by atoms with E-state index in [1.165, 1.54) is 0 Å². The molecule has 3 aromatic carbocycles. The van der Waals surface area contributed by atoms with Crippen molar-refractivity contribution in [2.45, 2.75) is 26.1 Å². The molecule has 33 heavy (non-hydrogen) atoms. The van der Waals surface area contributed by atoms with Crippen molar-refractivity contribution in [3.63, 3.8) is 0 Å². The highest BCUT2D eigenvalue weighted by molar-refractivity contribution is 5.92. The summed E-state index contributed by atoms with van der Waals surface area (Å²) < 4.78 is 11.4. The molecule has 0 amide bonds. The standard InChI is InChI=1S/C26H30N2O5/c1-17(2)33-25-15-20(7-12-23(25)26(30)31)18-5-10-22(11-6-18)32-14-13-28-16-24(29)19-3-8-21(27)9-4-19/h3-12,15,17,24,28-29H,13-14,16,27H2,1-2H3,(H,30,31)/t24-/m1/s1. The summed E-state index contributed by atoms with van der Waals surface area (Å²) >= 11 is 0. The summed E-state index contributed by atoms with van der Waals surface area (Å²) in [6, 6.07) is 19.8. The second-order valence-corrected chi connectivity index (χ2v) is 7.94. The average Bonchev–Trinajstić information content (AvgIpc) is 2.79. The summed E-state index contributed by atoms with van der Waals surface area (Å²) in [6.07, 6.45) is -0.739. The van der Waals surface area contributed by atoms with Crippen LogP contribution in [0.2, 0.25) is 0 Å². The highest BCUT2D eigenvalue weighted by atomic mass is 16.5. The van der Waals surface area contributed by atoms with Crippen LogP contribution in [-0.4, -0.2) is 42.0 Å². The summed E-state index contributed by atoms with van der Waals surface area (Å²) in [6.45, 7) is 5.17. The molecule has 7 nitrogen and oxygen atoms in total. The summed E-state index contributed by atoms with van der Waals surface area (Å²) in [5.41, 5.74) is 9.07. The fraction of sp³-hybridized carbons (Fsp3) is 0.269. The number of nitrogens with one attached hydrogen (secondary N) is 1. The normalized spacial score (nSPS) is 11.9. The summed E-state index contributed by atoms with van der Waals surface area (Å²) in [4.78, 5) is 11.4. The van der Waals surface area contributed by atoms with Gasteiger partial charge in [0, 0.05) is 18.8 Å². The topological polar surface area (TPSA) is 114 Å². The van der Waals surface area contributed by atoms with E-state index < -0.39 is 12.1 Å². The quantitative estimate of drug-likeness (QED) is 0.257. The first-order chi connectivity index (χ1) is 15.8. The first-order valence-electron chi connectivity index (χ1n) is 10.8. The van der Waals surface area contributed by atoms with Crippen LogP contribution in [0.5, 0.6) is 11.5 Å². The number of rotatable bonds is 11. The maximum Gasteiger partial charge on any atom is 0.339 e. The van der Waals surface area contributed by atoms with Crippen LogP contribution in [0, 0.1) is 0 Å². The Labute approximate surface area is 193 Å². The molecule has 0 aliphatic carbocycles. The molecule has 0 radical (unpaired) electrons. The van der Waals surface area contributed by atoms with Crippen LogP contribution in [0.4, 0.5) is 5.69 Å². The Balaban J connectivity index is 1.51. The van der Waals surface area contributed by atoms with Crippen molar-refractivity contribution in [1.29, 1.82) is 0 Å². The molecule has 0 spiro atoms. The fourth-order valence-electron chi connectivity index (χ4n) is 3.29. The molecular weight excluding hydrogens is 420 g/mol. The van der Waals surface area contributed by atoms with Crippen molar-refractivity contribution < 1.29 is 24.5 Å². The minimum atomic E-state index is -1.02. The first-order valence-corrected chi connectivity index (χ1v) is 10.8. The van der Waals surface area contributed by atoms with E-state index in [1.807, 2.05) is 50.2 Å². The Morgan fingerprint density at radius 1 is 1.00 bits per heavy atom. The van der Waals surface area contributed by atoms with Crippen LogP contribution < -0.4 is 20.5 Å². The van der Waals surface area contributed by atoms with Crippen LogP contribution >= 0.6 is 0 Å². The average molecular weight is 451 g/mol. The van der Waals surface area contributed by atoms with E-state index in [9.17, 15) is 15.0 Å². The molecule has 3 rings (SSSR count). The van der Waals surface area contributed by atoms with Gasteiger partial charge in [-0.2, -0.15) is 0 Å². The SMILES string of the molecule is CC(C)Oc1cc(-c2ccc(OCCNC[C@@H](O)c3ccc(N)cc3)cc2)ccc1C(=O)O. The molecule has 7 heteroatoms. The molecule has 0 unspecified atom stereocenters. The number of ether oxygens (including phenoxy) is 2. The second-order valence-electron chi connectivity index (χ2n) is 7.94. The summed E-state index contributed by atoms with van der Waals surface area (Å²) in [5, 5.41) is 22.7. The molecule has 3 aromatic rings. The maximum absolute atomic E-state index is 11.4. The van der Waals surface area contributed by atoms with Gasteiger partial charge in [0.15, 0.2) is 0 Å². The molecule has 0 bridgehead atoms. The number of hydrogen-bond donors (Lipinski definition) is 4. The number of nitrogens with two attached hydrogens (primary N) is 1. The largest absolute Gasteiger partial charge is 0.492 e. The first kappa shape index (κ1) is 24.1. The van der Waals surface area contributed by atoms with Crippen LogP contribution in [0.15, 0.2) is 66.7 Å². The number of hydrogen-bond acceptors (Lipinski definition) is 6. The predicted octanol–water partition coefficient (Wildman–Crippen LogP) is 4.12. The summed E-state index contributed by atoms with van der Waals surface area (Å²) in [5.74, 6) is 0.0542. The minimum Gasteiger partial charge on any atom is -0.492 e. The molecule has 0 fully saturated rings. The third-order valence-corrected chi connectivity index (χ3v) is 4.97. The Bertz CT molecular complexity index is 1050. The molecule has 0 heterocycles. The number of carboxylic acid groups (broad SMARTS) is 1. The second kappa shape index (κ2) is 11.4. The Morgan fingerprint density at radius 2 is 1.67 bits per heavy atom. The predicted molar refractivity (Wildman–Crippen MR) is 129 cm³/mol. The van der Waals surface area contributed by atoms with E-state index >= 15 is 0 Å². The lowest BCUT2D eigenvalue weighted by atomic mass is 10.0. The molecule has 1 atom stereocenters. The maximum atomic E-state index is 11.4. The smallest absolute Gasteiger partial charge is 0.339 e. The van der Waals surface area contributed by atoms with E-state index in [0.717, 1.165) is 22.4 Å². The number of carboxylic acids is 1. The van der Waals surface area contributed by atoms with Crippen molar-refractivity contribution in [3.8, 4) is 22.6 Å². The summed E-state index contributed by atoms with van der Waals surface area (Å²) in [7, 11) is 0. The fourth-order valence-corrected chi connectivity index (χ4v) is 3.29. The third-order valence-electron chi connectivity index (χ3n) is 4.97. The van der Waals surface area contributed by atoms with E-state index in [1.54, 1.807) is 30.3 Å². The van der Waals surface area contributed by atoms with Gasteiger partial charge in [0.1, 0.15) is 23.7 Å². The van der Waals surface area contributed by atoms with Gasteiger partial charge in [0.2, 0.25) is 0 Å². The third kappa shape index (κ3) is 6.97. The molecule has 174 valence electrons. The van der Waals surface area contributed by atoms with E-state index in [0.29, 0.717) is 31.1 Å². The molecule has 0 aliphatic rings. The Hall–Kier alpha value is -3.55. The number of aliphatic hydroxyl groups is 1. The van der Waals surface area contributed by atoms with Gasteiger partial charge in [-0.3, -0.25) is 0 Å². The van der Waals surface area contributed by atoms with Gasteiger partial charge in [-0.25, -0.2) is 4.79 Å². The van der Waals surface area contributed by atoms with Crippen LogP contribution in [0.3, 0.4) is 0 Å². The Kier molecular flexibility index (Phi) is 8.29. The van der Waals surface area contributed by atoms with Gasteiger partial charge in [-0.15, -0.1) is 0 Å². The number of anilines is 1. The lowest BCUT2D eigenvalue weighted by Gasteiger charge is -2.14.